The van der Waals surface area contributed by atoms with Gasteiger partial charge in [-0.05, 0) is 6.07 Å². The Labute approximate surface area is 82.6 Å². The lowest BCUT2D eigenvalue weighted by molar-refractivity contribution is 0.602. The van der Waals surface area contributed by atoms with Gasteiger partial charge in [0.15, 0.2) is 11.6 Å². The number of rotatable bonds is 1. The number of hydrogen-bond donors (Lipinski definition) is 1. The molecule has 4 nitrogen and oxygen atoms in total. The predicted octanol–water partition coefficient (Wildman–Crippen LogP) is 1.11. The van der Waals surface area contributed by atoms with E-state index in [2.05, 4.69) is 15.0 Å². The number of aromatic amines is 1. The molecule has 0 aliphatic rings. The second-order valence-electron chi connectivity index (χ2n) is 2.77. The SMILES string of the molecule is O=c1ncc(F)c(-c2ccncc2F)[nH]1. The minimum atomic E-state index is -0.792. The molecule has 0 aliphatic carbocycles. The fraction of sp³-hybridized carbons (Fsp3) is 0. The van der Waals surface area contributed by atoms with Crippen LogP contribution in [0.1, 0.15) is 0 Å². The first-order valence-electron chi connectivity index (χ1n) is 4.03. The van der Waals surface area contributed by atoms with E-state index in [1.807, 2.05) is 0 Å². The minimum Gasteiger partial charge on any atom is -0.303 e. The van der Waals surface area contributed by atoms with Crippen LogP contribution in [0, 0.1) is 11.6 Å². The van der Waals surface area contributed by atoms with E-state index in [1.165, 1.54) is 12.3 Å². The van der Waals surface area contributed by atoms with Crippen LogP contribution >= 0.6 is 0 Å². The van der Waals surface area contributed by atoms with Crippen molar-refractivity contribution in [2.45, 2.75) is 0 Å². The maximum absolute atomic E-state index is 13.2. The van der Waals surface area contributed by atoms with Crippen molar-refractivity contribution in [1.82, 2.24) is 15.0 Å². The summed E-state index contributed by atoms with van der Waals surface area (Å²) in [5, 5.41) is 0. The van der Waals surface area contributed by atoms with Crippen LogP contribution in [0.5, 0.6) is 0 Å². The largest absolute Gasteiger partial charge is 0.345 e. The quantitative estimate of drug-likeness (QED) is 0.765. The van der Waals surface area contributed by atoms with Gasteiger partial charge in [-0.15, -0.1) is 0 Å². The molecule has 2 aromatic heterocycles. The van der Waals surface area contributed by atoms with E-state index >= 15 is 0 Å². The van der Waals surface area contributed by atoms with Crippen molar-refractivity contribution in [3.8, 4) is 11.3 Å². The number of hydrogen-bond acceptors (Lipinski definition) is 3. The van der Waals surface area contributed by atoms with Gasteiger partial charge in [-0.3, -0.25) is 4.98 Å². The molecule has 2 rings (SSSR count). The van der Waals surface area contributed by atoms with Gasteiger partial charge >= 0.3 is 5.69 Å². The summed E-state index contributed by atoms with van der Waals surface area (Å²) >= 11 is 0. The summed E-state index contributed by atoms with van der Waals surface area (Å²) in [6.07, 6.45) is 2.98. The van der Waals surface area contributed by atoms with E-state index in [9.17, 15) is 13.6 Å². The summed E-state index contributed by atoms with van der Waals surface area (Å²) in [7, 11) is 0. The Morgan fingerprint density at radius 1 is 1.20 bits per heavy atom. The summed E-state index contributed by atoms with van der Waals surface area (Å²) in [6, 6.07) is 1.27. The van der Waals surface area contributed by atoms with Crippen LogP contribution in [0.25, 0.3) is 11.3 Å². The first-order valence-corrected chi connectivity index (χ1v) is 4.03. The van der Waals surface area contributed by atoms with E-state index in [1.54, 1.807) is 0 Å². The highest BCUT2D eigenvalue weighted by atomic mass is 19.1. The zero-order valence-corrected chi connectivity index (χ0v) is 7.37. The molecule has 0 atom stereocenters. The molecule has 0 fully saturated rings. The first-order chi connectivity index (χ1) is 7.18. The average molecular weight is 209 g/mol. The van der Waals surface area contributed by atoms with Crippen LogP contribution in [0.15, 0.2) is 29.5 Å². The van der Waals surface area contributed by atoms with Crippen molar-refractivity contribution in [3.05, 3.63) is 46.8 Å². The number of halogens is 2. The lowest BCUT2D eigenvalue weighted by Gasteiger charge is -2.02. The highest BCUT2D eigenvalue weighted by molar-refractivity contribution is 5.58. The molecule has 6 heteroatoms. The summed E-state index contributed by atoms with van der Waals surface area (Å²) in [4.78, 5) is 19.7. The van der Waals surface area contributed by atoms with Crippen LogP contribution in [0.4, 0.5) is 8.78 Å². The average Bonchev–Trinajstić information content (AvgIpc) is 2.23. The van der Waals surface area contributed by atoms with Crippen molar-refractivity contribution in [2.24, 2.45) is 0 Å². The normalized spacial score (nSPS) is 10.3. The molecule has 15 heavy (non-hydrogen) atoms. The second-order valence-corrected chi connectivity index (χ2v) is 2.77. The molecule has 76 valence electrons. The molecule has 2 heterocycles. The Bertz CT molecular complexity index is 553. The molecule has 1 N–H and O–H groups in total. The van der Waals surface area contributed by atoms with Crippen molar-refractivity contribution in [1.29, 1.82) is 0 Å². The molecule has 0 aliphatic heterocycles. The van der Waals surface area contributed by atoms with Gasteiger partial charge < -0.3 is 4.98 Å². The molecule has 0 saturated carbocycles. The number of nitrogens with zero attached hydrogens (tertiary/aromatic N) is 2. The lowest BCUT2D eigenvalue weighted by atomic mass is 10.2. The van der Waals surface area contributed by atoms with E-state index < -0.39 is 17.3 Å². The Balaban J connectivity index is 2.69. The standard InChI is InChI=1S/C9H5F2N3O/c10-6-3-12-2-1-5(6)8-7(11)4-13-9(15)14-8/h1-4H,(H,13,14,15). The monoisotopic (exact) mass is 209 g/mol. The molecule has 0 spiro atoms. The van der Waals surface area contributed by atoms with Crippen molar-refractivity contribution in [2.75, 3.05) is 0 Å². The fourth-order valence-electron chi connectivity index (χ4n) is 1.15. The van der Waals surface area contributed by atoms with Gasteiger partial charge in [0.25, 0.3) is 0 Å². The Morgan fingerprint density at radius 2 is 2.00 bits per heavy atom. The third-order valence-electron chi connectivity index (χ3n) is 1.81. The van der Waals surface area contributed by atoms with E-state index in [0.29, 0.717) is 0 Å². The van der Waals surface area contributed by atoms with Crippen LogP contribution in [0.3, 0.4) is 0 Å². The highest BCUT2D eigenvalue weighted by Gasteiger charge is 2.10. The van der Waals surface area contributed by atoms with Crippen molar-refractivity contribution in [3.63, 3.8) is 0 Å². The van der Waals surface area contributed by atoms with Gasteiger partial charge in [-0.2, -0.15) is 4.98 Å². The minimum absolute atomic E-state index is 0.0537. The number of nitrogens with one attached hydrogen (secondary N) is 1. The Kier molecular flexibility index (Phi) is 2.24. The first kappa shape index (κ1) is 9.45. The van der Waals surface area contributed by atoms with Crippen LogP contribution in [0.2, 0.25) is 0 Å². The lowest BCUT2D eigenvalue weighted by Crippen LogP contribution is -2.12. The van der Waals surface area contributed by atoms with E-state index in [-0.39, 0.29) is 11.3 Å². The molecular weight excluding hydrogens is 204 g/mol. The van der Waals surface area contributed by atoms with Crippen LogP contribution < -0.4 is 5.69 Å². The van der Waals surface area contributed by atoms with Crippen molar-refractivity contribution < 1.29 is 8.78 Å². The van der Waals surface area contributed by atoms with Gasteiger partial charge in [0, 0.05) is 11.8 Å². The molecule has 0 saturated heterocycles. The molecule has 2 aromatic rings. The van der Waals surface area contributed by atoms with Gasteiger partial charge in [-0.1, -0.05) is 0 Å². The van der Waals surface area contributed by atoms with Gasteiger partial charge in [0.2, 0.25) is 0 Å². The van der Waals surface area contributed by atoms with Crippen LogP contribution in [-0.2, 0) is 0 Å². The third kappa shape index (κ3) is 1.74. The molecular formula is C9H5F2N3O. The number of H-pyrrole nitrogens is 1. The molecule has 0 amide bonds. The highest BCUT2D eigenvalue weighted by Crippen LogP contribution is 2.20. The number of pyridine rings is 1. The smallest absolute Gasteiger partial charge is 0.303 e. The predicted molar refractivity (Wildman–Crippen MR) is 48.0 cm³/mol. The summed E-state index contributed by atoms with van der Waals surface area (Å²) in [5.41, 5.74) is -1.01. The van der Waals surface area contributed by atoms with E-state index in [0.717, 1.165) is 12.4 Å². The van der Waals surface area contributed by atoms with E-state index in [4.69, 9.17) is 0 Å². The maximum Gasteiger partial charge on any atom is 0.345 e. The summed E-state index contributed by atoms with van der Waals surface area (Å²) in [6.45, 7) is 0. The van der Waals surface area contributed by atoms with Crippen molar-refractivity contribution >= 4 is 0 Å². The fourth-order valence-corrected chi connectivity index (χ4v) is 1.15. The molecule has 0 bridgehead atoms. The van der Waals surface area contributed by atoms with Crippen LogP contribution in [-0.4, -0.2) is 15.0 Å². The Hall–Kier alpha value is -2.11. The van der Waals surface area contributed by atoms with Gasteiger partial charge in [0.1, 0.15) is 0 Å². The number of aromatic nitrogens is 3. The molecule has 0 radical (unpaired) electrons. The van der Waals surface area contributed by atoms with Gasteiger partial charge in [0.05, 0.1) is 18.1 Å². The Morgan fingerprint density at radius 3 is 2.73 bits per heavy atom. The maximum atomic E-state index is 13.2. The molecule has 0 aromatic carbocycles. The topological polar surface area (TPSA) is 58.6 Å². The summed E-state index contributed by atoms with van der Waals surface area (Å²) < 4.78 is 26.4. The second kappa shape index (κ2) is 3.56. The summed E-state index contributed by atoms with van der Waals surface area (Å²) in [5.74, 6) is -1.50. The third-order valence-corrected chi connectivity index (χ3v) is 1.81. The van der Waals surface area contributed by atoms with Gasteiger partial charge in [-0.25, -0.2) is 13.6 Å². The zero-order chi connectivity index (χ0) is 10.8. The zero-order valence-electron chi connectivity index (χ0n) is 7.37. The molecule has 0 unspecified atom stereocenters.